The van der Waals surface area contributed by atoms with Crippen molar-refractivity contribution in [2.45, 2.75) is 64.6 Å². The number of hydrogen-bond acceptors (Lipinski definition) is 5. The Morgan fingerprint density at radius 3 is 2.21 bits per heavy atom. The molecule has 2 aliphatic rings. The molecule has 3 atom stereocenters. The number of rotatable bonds is 9. The lowest BCUT2D eigenvalue weighted by Gasteiger charge is -2.25. The van der Waals surface area contributed by atoms with Gasteiger partial charge in [-0.25, -0.2) is 0 Å². The third-order valence-corrected chi connectivity index (χ3v) is 7.10. The summed E-state index contributed by atoms with van der Waals surface area (Å²) >= 11 is 0. The van der Waals surface area contributed by atoms with Crippen LogP contribution in [0.4, 0.5) is 19.0 Å². The first-order valence-corrected chi connectivity index (χ1v) is 12.2. The van der Waals surface area contributed by atoms with Gasteiger partial charge < -0.3 is 10.2 Å². The van der Waals surface area contributed by atoms with Crippen LogP contribution in [0.2, 0.25) is 0 Å². The molecule has 1 saturated carbocycles. The number of nitrogens with one attached hydrogen (secondary N) is 1. The number of anilines is 1. The number of pyridine rings is 1. The lowest BCUT2D eigenvalue weighted by atomic mass is 9.97. The van der Waals surface area contributed by atoms with Crippen LogP contribution in [-0.4, -0.2) is 45.8 Å². The molecule has 3 heterocycles. The van der Waals surface area contributed by atoms with Crippen LogP contribution in [0, 0.1) is 17.8 Å². The second-order valence-electron chi connectivity index (χ2n) is 9.73. The standard InChI is InChI=1S/C25H34F3N5/c1-3-5-17(6-4-2)14-33-15-19-11-21(12-20(19)16-33)30-24-10-8-22(31-32-24)18-7-9-23(29-13-18)25(26,27)28/h7-10,13,17,19-21H,3-6,11-12,14-16H2,1-2H3,(H,30,32)/t19-,20+,21?. The number of fused-ring (bicyclic) bond motifs is 1. The molecular weight excluding hydrogens is 427 g/mol. The third kappa shape index (κ3) is 6.02. The lowest BCUT2D eigenvalue weighted by Crippen LogP contribution is -2.30. The second kappa shape index (κ2) is 10.4. The number of hydrogen-bond donors (Lipinski definition) is 1. The fourth-order valence-electron chi connectivity index (χ4n) is 5.66. The Kier molecular flexibility index (Phi) is 7.51. The van der Waals surface area contributed by atoms with Crippen LogP contribution in [0.1, 0.15) is 58.1 Å². The number of alkyl halides is 3. The van der Waals surface area contributed by atoms with Crippen molar-refractivity contribution in [3.05, 3.63) is 36.2 Å². The molecule has 0 radical (unpaired) electrons. The van der Waals surface area contributed by atoms with E-state index in [9.17, 15) is 13.2 Å². The Balaban J connectivity index is 1.28. The predicted molar refractivity (Wildman–Crippen MR) is 124 cm³/mol. The number of halogens is 3. The first-order chi connectivity index (χ1) is 15.9. The number of aromatic nitrogens is 3. The molecule has 0 amide bonds. The minimum atomic E-state index is -4.44. The summed E-state index contributed by atoms with van der Waals surface area (Å²) in [5.41, 5.74) is 0.116. The molecule has 1 N–H and O–H groups in total. The van der Waals surface area contributed by atoms with E-state index in [1.807, 2.05) is 6.07 Å². The van der Waals surface area contributed by atoms with Gasteiger partial charge in [0.2, 0.25) is 0 Å². The molecule has 0 aromatic carbocycles. The van der Waals surface area contributed by atoms with Crippen LogP contribution in [0.3, 0.4) is 0 Å². The quantitative estimate of drug-likeness (QED) is 0.504. The smallest absolute Gasteiger partial charge is 0.366 e. The number of likely N-dealkylation sites (tertiary alicyclic amines) is 1. The lowest BCUT2D eigenvalue weighted by molar-refractivity contribution is -0.141. The van der Waals surface area contributed by atoms with Gasteiger partial charge in [-0.3, -0.25) is 4.98 Å². The Hall–Kier alpha value is -2.22. The van der Waals surface area contributed by atoms with E-state index in [4.69, 9.17) is 0 Å². The predicted octanol–water partition coefficient (Wildman–Crippen LogP) is 5.90. The van der Waals surface area contributed by atoms with Crippen LogP contribution >= 0.6 is 0 Å². The molecule has 5 nitrogen and oxygen atoms in total. The summed E-state index contributed by atoms with van der Waals surface area (Å²) in [4.78, 5) is 6.19. The monoisotopic (exact) mass is 461 g/mol. The van der Waals surface area contributed by atoms with E-state index in [-0.39, 0.29) is 0 Å². The highest BCUT2D eigenvalue weighted by Gasteiger charge is 2.41. The normalized spacial score (nSPS) is 23.3. The van der Waals surface area contributed by atoms with Crippen LogP contribution in [0.15, 0.2) is 30.5 Å². The van der Waals surface area contributed by atoms with Gasteiger partial charge in [0.15, 0.2) is 0 Å². The summed E-state index contributed by atoms with van der Waals surface area (Å²) in [5, 5.41) is 12.0. The molecule has 33 heavy (non-hydrogen) atoms. The molecule has 2 aromatic rings. The van der Waals surface area contributed by atoms with Crippen molar-refractivity contribution < 1.29 is 13.2 Å². The molecule has 4 rings (SSSR count). The Labute approximate surface area is 194 Å². The van der Waals surface area contributed by atoms with Crippen molar-refractivity contribution in [3.63, 3.8) is 0 Å². The summed E-state index contributed by atoms with van der Waals surface area (Å²) in [6, 6.07) is 6.37. The van der Waals surface area contributed by atoms with Gasteiger partial charge in [0.1, 0.15) is 11.5 Å². The fraction of sp³-hybridized carbons (Fsp3) is 0.640. The van der Waals surface area contributed by atoms with E-state index < -0.39 is 11.9 Å². The molecule has 1 saturated heterocycles. The average Bonchev–Trinajstić information content (AvgIpc) is 3.32. The van der Waals surface area contributed by atoms with E-state index >= 15 is 0 Å². The molecule has 1 aliphatic heterocycles. The molecule has 180 valence electrons. The van der Waals surface area contributed by atoms with Crippen molar-refractivity contribution in [1.82, 2.24) is 20.1 Å². The molecular formula is C25H34F3N5. The zero-order chi connectivity index (χ0) is 23.4. The SMILES string of the molecule is CCCC(CCC)CN1C[C@H]2CC(Nc3ccc(-c4ccc(C(F)(F)F)nc4)nn3)C[C@H]2C1. The largest absolute Gasteiger partial charge is 0.433 e. The van der Waals surface area contributed by atoms with Gasteiger partial charge in [-0.15, -0.1) is 10.2 Å². The van der Waals surface area contributed by atoms with Gasteiger partial charge in [0, 0.05) is 37.4 Å². The maximum Gasteiger partial charge on any atom is 0.433 e. The van der Waals surface area contributed by atoms with E-state index in [1.54, 1.807) is 6.07 Å². The van der Waals surface area contributed by atoms with Gasteiger partial charge in [-0.1, -0.05) is 26.7 Å². The first kappa shape index (κ1) is 23.9. The Morgan fingerprint density at radius 2 is 1.70 bits per heavy atom. The first-order valence-electron chi connectivity index (χ1n) is 12.2. The van der Waals surface area contributed by atoms with Crippen molar-refractivity contribution in [3.8, 4) is 11.3 Å². The molecule has 2 fully saturated rings. The summed E-state index contributed by atoms with van der Waals surface area (Å²) < 4.78 is 38.1. The van der Waals surface area contributed by atoms with Crippen LogP contribution in [0.25, 0.3) is 11.3 Å². The highest BCUT2D eigenvalue weighted by molar-refractivity contribution is 5.58. The maximum absolute atomic E-state index is 12.7. The van der Waals surface area contributed by atoms with Crippen LogP contribution < -0.4 is 5.32 Å². The topological polar surface area (TPSA) is 53.9 Å². The Morgan fingerprint density at radius 1 is 1.00 bits per heavy atom. The zero-order valence-electron chi connectivity index (χ0n) is 19.5. The van der Waals surface area contributed by atoms with Crippen molar-refractivity contribution in [2.75, 3.05) is 25.0 Å². The van der Waals surface area contributed by atoms with E-state index in [0.29, 0.717) is 23.1 Å². The van der Waals surface area contributed by atoms with E-state index in [1.165, 1.54) is 57.6 Å². The fourth-order valence-corrected chi connectivity index (χ4v) is 5.66. The molecule has 1 unspecified atom stereocenters. The molecule has 0 bridgehead atoms. The summed E-state index contributed by atoms with van der Waals surface area (Å²) in [6.07, 6.45) is 4.26. The van der Waals surface area contributed by atoms with E-state index in [0.717, 1.165) is 36.7 Å². The van der Waals surface area contributed by atoms with Gasteiger partial charge in [-0.2, -0.15) is 13.2 Å². The summed E-state index contributed by atoms with van der Waals surface area (Å²) in [6.45, 7) is 8.23. The molecule has 1 aliphatic carbocycles. The minimum Gasteiger partial charge on any atom is -0.366 e. The summed E-state index contributed by atoms with van der Waals surface area (Å²) in [7, 11) is 0. The van der Waals surface area contributed by atoms with Crippen LogP contribution in [0.5, 0.6) is 0 Å². The average molecular weight is 462 g/mol. The van der Waals surface area contributed by atoms with Crippen molar-refractivity contribution in [1.29, 1.82) is 0 Å². The van der Waals surface area contributed by atoms with Crippen molar-refractivity contribution >= 4 is 5.82 Å². The highest BCUT2D eigenvalue weighted by Crippen LogP contribution is 2.39. The second-order valence-corrected chi connectivity index (χ2v) is 9.73. The summed E-state index contributed by atoms with van der Waals surface area (Å²) in [5.74, 6) is 3.04. The van der Waals surface area contributed by atoms with Crippen molar-refractivity contribution in [2.24, 2.45) is 17.8 Å². The zero-order valence-corrected chi connectivity index (χ0v) is 19.5. The number of nitrogens with zero attached hydrogens (tertiary/aromatic N) is 4. The van der Waals surface area contributed by atoms with Gasteiger partial charge in [0.05, 0.1) is 5.69 Å². The van der Waals surface area contributed by atoms with Gasteiger partial charge >= 0.3 is 6.18 Å². The van der Waals surface area contributed by atoms with Gasteiger partial charge in [0.25, 0.3) is 0 Å². The maximum atomic E-state index is 12.7. The molecule has 0 spiro atoms. The molecule has 2 aromatic heterocycles. The third-order valence-electron chi connectivity index (χ3n) is 7.10. The highest BCUT2D eigenvalue weighted by atomic mass is 19.4. The van der Waals surface area contributed by atoms with E-state index in [2.05, 4.69) is 39.2 Å². The minimum absolute atomic E-state index is 0.400. The van der Waals surface area contributed by atoms with Gasteiger partial charge in [-0.05, 0) is 67.7 Å². The molecule has 8 heteroatoms. The van der Waals surface area contributed by atoms with Crippen LogP contribution in [-0.2, 0) is 6.18 Å². The Bertz CT molecular complexity index is 864.